The molecule has 0 saturated carbocycles. The van der Waals surface area contributed by atoms with Gasteiger partial charge in [-0.1, -0.05) is 206 Å². The van der Waals surface area contributed by atoms with Crippen LogP contribution in [-0.2, 0) is 38.3 Å². The number of pyridine rings is 1. The Bertz CT molecular complexity index is 4270. The van der Waals surface area contributed by atoms with Gasteiger partial charge in [0.05, 0.1) is 6.85 Å². The van der Waals surface area contributed by atoms with E-state index in [1.54, 1.807) is 0 Å². The van der Waals surface area contributed by atoms with Crippen LogP contribution in [0.25, 0.3) is 33.4 Å². The Morgan fingerprint density at radius 1 is 0.568 bits per heavy atom. The average Bonchev–Trinajstić information content (AvgIpc) is 1.42. The number of fused-ring (bicyclic) bond motifs is 10. The van der Waals surface area contributed by atoms with Crippen LogP contribution >= 0.6 is 0 Å². The number of nitrogens with zero attached hydrogens (tertiary/aromatic N) is 4. The normalized spacial score (nSPS) is 14.7. The van der Waals surface area contributed by atoms with E-state index in [1.807, 2.05) is 55.3 Å². The predicted molar refractivity (Wildman–Crippen MR) is 337 cm³/mol. The first-order valence-electron chi connectivity index (χ1n) is 30.3. The van der Waals surface area contributed by atoms with E-state index in [0.29, 0.717) is 34.4 Å². The maximum atomic E-state index is 9.33. The van der Waals surface area contributed by atoms with Gasteiger partial charge in [-0.25, -0.2) is 4.98 Å². The molecule has 3 aliphatic heterocycles. The summed E-state index contributed by atoms with van der Waals surface area (Å²) >= 11 is 0. The van der Waals surface area contributed by atoms with E-state index < -0.39 is 26.2 Å². The van der Waals surface area contributed by atoms with E-state index in [1.165, 1.54) is 48.6 Å². The van der Waals surface area contributed by atoms with Gasteiger partial charge in [-0.2, -0.15) is 12.1 Å². The van der Waals surface area contributed by atoms with Crippen LogP contribution in [0.3, 0.4) is 0 Å². The van der Waals surface area contributed by atoms with Crippen molar-refractivity contribution in [2.75, 3.05) is 14.7 Å². The molecular weight excluding hydrogens is 1180 g/mol. The molecule has 1 aromatic heterocycles. The molecule has 7 heteroatoms. The summed E-state index contributed by atoms with van der Waals surface area (Å²) < 4.78 is 51.9. The molecule has 0 bridgehead atoms. The molecule has 10 aromatic rings. The molecule has 0 saturated heterocycles. The zero-order valence-corrected chi connectivity index (χ0v) is 50.8. The number of benzene rings is 9. The minimum atomic E-state index is -2.99. The van der Waals surface area contributed by atoms with Gasteiger partial charge in [-0.05, 0) is 122 Å². The number of anilines is 7. The topological polar surface area (TPSA) is 31.8 Å². The van der Waals surface area contributed by atoms with Crippen molar-refractivity contribution in [3.63, 3.8) is 0 Å². The van der Waals surface area contributed by atoms with Gasteiger partial charge in [0, 0.05) is 72.6 Å². The van der Waals surface area contributed by atoms with Crippen LogP contribution in [0.5, 0.6) is 11.5 Å². The van der Waals surface area contributed by atoms with Crippen molar-refractivity contribution in [2.24, 2.45) is 5.92 Å². The summed E-state index contributed by atoms with van der Waals surface area (Å²) in [6.07, 6.45) is 2.85. The van der Waals surface area contributed by atoms with Gasteiger partial charge < -0.3 is 19.4 Å². The first kappa shape index (κ1) is 48.0. The van der Waals surface area contributed by atoms with E-state index in [4.69, 9.17) is 13.8 Å². The summed E-state index contributed by atoms with van der Waals surface area (Å²) in [6, 6.07) is 64.1. The van der Waals surface area contributed by atoms with Gasteiger partial charge in [0.1, 0.15) is 13.9 Å². The number of ether oxygens (including phenoxy) is 1. The molecule has 0 fully saturated rings. The fourth-order valence-corrected chi connectivity index (χ4v) is 17.7. The second-order valence-electron chi connectivity index (χ2n) is 24.3. The monoisotopic (exact) mass is 1260 g/mol. The van der Waals surface area contributed by atoms with Crippen molar-refractivity contribution in [2.45, 2.75) is 86.5 Å². The Labute approximate surface area is 502 Å². The van der Waals surface area contributed by atoms with E-state index in [0.717, 1.165) is 57.2 Å². The quantitative estimate of drug-likeness (QED) is 0.106. The van der Waals surface area contributed by atoms with Crippen LogP contribution in [0, 0.1) is 38.6 Å². The molecule has 0 amide bonds. The predicted octanol–water partition coefficient (Wildman–Crippen LogP) is 16.8. The van der Waals surface area contributed by atoms with E-state index in [2.05, 4.69) is 217 Å². The molecule has 5 nitrogen and oxygen atoms in total. The minimum absolute atomic E-state index is 0. The van der Waals surface area contributed by atoms with Crippen molar-refractivity contribution < 1.29 is 32.7 Å². The molecule has 81 heavy (non-hydrogen) atoms. The second kappa shape index (κ2) is 20.6. The summed E-state index contributed by atoms with van der Waals surface area (Å²) in [5, 5.41) is 5.25. The Balaban J connectivity index is 0.00000724. The third kappa shape index (κ3) is 9.35. The molecule has 406 valence electrons. The molecule has 4 heterocycles. The molecule has 0 aliphatic carbocycles. The maximum absolute atomic E-state index is 9.33. The SMILES string of the molecule is [2H]c1c([2H])c([2H])c(-c2cccc(-c3cc(C(C)(C)C)cc(C(C)(C)C)c3)c2N2[CH-]N(c3[c-]c(Oc4[c-]c5c(cc4)[Si]4(c6ccc(C)cc6-c6cc(C)ccc64)c4ccccc4N5c4cc(CC(C)C)ccn4)ccc3)c3ccccc32)c([2H])c1[2H].[Pt]. The number of rotatable bonds is 9. The molecule has 0 radical (unpaired) electrons. The Kier molecular flexibility index (Phi) is 12.2. The van der Waals surface area contributed by atoms with E-state index in [-0.39, 0.29) is 49.5 Å². The van der Waals surface area contributed by atoms with Crippen LogP contribution in [0.15, 0.2) is 200 Å². The van der Waals surface area contributed by atoms with Gasteiger partial charge >= 0.3 is 0 Å². The fraction of sp³-hybridized carbons (Fsp3) is 0.189. The standard InChI is InChI=1S/C74H67N4OSi.Pt/c1-48(2)38-51-36-37-75-71(41-51)78-65-28-16-17-29-69(65)80(67-33-30-49(3)39-61(67)62-40-50(4)31-34-68(62)80)70-35-32-58(46-66(70)78)79-57-23-18-22-56(45-57)76-47-77(64-27-15-14-26-63(64)76)72-59(52-20-12-11-13-21-52)24-19-25-60(72)53-42-54(73(5,6)7)44-55(43-53)74(8,9)10;/h11-37,39-44,47-48H,38H2,1-10H3;/q-3;/i11D,12D,13D,20D,21D;. The fourth-order valence-electron chi connectivity index (χ4n) is 12.3. The Morgan fingerprint density at radius 3 is 1.81 bits per heavy atom. The smallest absolute Gasteiger partial charge is 0.135 e. The van der Waals surface area contributed by atoms with Crippen LogP contribution in [-0.4, -0.2) is 13.1 Å². The minimum Gasteiger partial charge on any atom is -0.509 e. The Morgan fingerprint density at radius 2 is 1.16 bits per heavy atom. The van der Waals surface area contributed by atoms with Crippen LogP contribution in [0.1, 0.15) is 90.1 Å². The number of hydrogen-bond donors (Lipinski definition) is 0. The third-order valence-corrected chi connectivity index (χ3v) is 21.0. The van der Waals surface area contributed by atoms with Crippen molar-refractivity contribution in [1.82, 2.24) is 4.98 Å². The van der Waals surface area contributed by atoms with Crippen LogP contribution in [0.4, 0.5) is 39.9 Å². The van der Waals surface area contributed by atoms with Gasteiger partial charge in [0.25, 0.3) is 0 Å². The van der Waals surface area contributed by atoms with Crippen molar-refractivity contribution in [1.29, 1.82) is 0 Å². The zero-order valence-electron chi connectivity index (χ0n) is 52.5. The summed E-state index contributed by atoms with van der Waals surface area (Å²) in [4.78, 5) is 11.6. The summed E-state index contributed by atoms with van der Waals surface area (Å²) in [6.45, 7) is 24.2. The van der Waals surface area contributed by atoms with Gasteiger partial charge in [0.2, 0.25) is 0 Å². The number of aryl methyl sites for hydroxylation is 2. The second-order valence-corrected chi connectivity index (χ2v) is 27.9. The van der Waals surface area contributed by atoms with E-state index in [9.17, 15) is 2.74 Å². The third-order valence-electron chi connectivity index (χ3n) is 16.1. The van der Waals surface area contributed by atoms with Gasteiger partial charge in [-0.3, -0.25) is 0 Å². The van der Waals surface area contributed by atoms with E-state index >= 15 is 0 Å². The first-order chi connectivity index (χ1) is 40.6. The maximum Gasteiger partial charge on any atom is 0.135 e. The molecule has 0 unspecified atom stereocenters. The first-order valence-corrected chi connectivity index (χ1v) is 29.8. The van der Waals surface area contributed by atoms with Crippen LogP contribution < -0.4 is 40.2 Å². The molecule has 9 aromatic carbocycles. The van der Waals surface area contributed by atoms with Crippen molar-refractivity contribution in [3.05, 3.63) is 247 Å². The summed E-state index contributed by atoms with van der Waals surface area (Å²) in [5.74, 6) is 2.30. The molecular formula is C74H67N4OPtSi-3. The van der Waals surface area contributed by atoms with Crippen molar-refractivity contribution >= 4 is 68.8 Å². The van der Waals surface area contributed by atoms with Crippen LogP contribution in [0.2, 0.25) is 0 Å². The largest absolute Gasteiger partial charge is 0.509 e. The van der Waals surface area contributed by atoms with Crippen molar-refractivity contribution in [3.8, 4) is 44.9 Å². The Hall–Kier alpha value is -7.76. The summed E-state index contributed by atoms with van der Waals surface area (Å²) in [7, 11) is -2.99. The van der Waals surface area contributed by atoms with Gasteiger partial charge in [-0.15, -0.1) is 47.9 Å². The molecule has 1 spiro atoms. The zero-order chi connectivity index (χ0) is 59.6. The van der Waals surface area contributed by atoms with Gasteiger partial charge in [0.15, 0.2) is 0 Å². The summed E-state index contributed by atoms with van der Waals surface area (Å²) in [5.41, 5.74) is 15.7. The molecule has 0 N–H and O–H groups in total. The number of aromatic nitrogens is 1. The molecule has 13 rings (SSSR count). The molecule has 0 atom stereocenters. The molecule has 3 aliphatic rings. The average molecular weight is 1260 g/mol. The number of para-hydroxylation sites is 4. The number of hydrogen-bond acceptors (Lipinski definition) is 5.